The van der Waals surface area contributed by atoms with Crippen molar-refractivity contribution in [1.82, 2.24) is 0 Å². The summed E-state index contributed by atoms with van der Waals surface area (Å²) in [6, 6.07) is 0. The molecule has 0 amide bonds. The first-order chi connectivity index (χ1) is 22.1. The van der Waals surface area contributed by atoms with E-state index in [-0.39, 0.29) is 48.5 Å². The van der Waals surface area contributed by atoms with Gasteiger partial charge in [0.05, 0.1) is 36.6 Å². The minimum Gasteiger partial charge on any atom is -0.324 e. The van der Waals surface area contributed by atoms with E-state index in [2.05, 4.69) is 96.9 Å². The monoisotopic (exact) mass is 673 g/mol. The van der Waals surface area contributed by atoms with Crippen molar-refractivity contribution in [3.8, 4) is 0 Å². The fourth-order valence-electron chi connectivity index (χ4n) is 6.63. The molecule has 0 bridgehead atoms. The van der Waals surface area contributed by atoms with Crippen LogP contribution in [0.3, 0.4) is 0 Å². The number of hydrogen-bond acceptors (Lipinski definition) is 6. The lowest BCUT2D eigenvalue weighted by atomic mass is 9.83. The molecule has 0 rings (SSSR count). The molecule has 2 unspecified atom stereocenters. The van der Waals surface area contributed by atoms with Gasteiger partial charge in [-0.3, -0.25) is 0 Å². The summed E-state index contributed by atoms with van der Waals surface area (Å²) in [6.45, 7) is 29.5. The molecule has 0 spiro atoms. The Kier molecular flexibility index (Phi) is 26.4. The molecule has 0 aromatic rings. The van der Waals surface area contributed by atoms with Gasteiger partial charge in [0.25, 0.3) is 11.9 Å². The Morgan fingerprint density at radius 1 is 0.319 bits per heavy atom. The van der Waals surface area contributed by atoms with Crippen LogP contribution in [0.1, 0.15) is 206 Å². The maximum absolute atomic E-state index is 6.80. The maximum Gasteiger partial charge on any atom is 0.286 e. The van der Waals surface area contributed by atoms with Crippen molar-refractivity contribution >= 4 is 0 Å². The molecular formula is C41H84O6. The summed E-state index contributed by atoms with van der Waals surface area (Å²) in [7, 11) is 0. The summed E-state index contributed by atoms with van der Waals surface area (Å²) in [5.41, 5.74) is 0. The molecule has 0 aliphatic heterocycles. The zero-order valence-electron chi connectivity index (χ0n) is 34.1. The second-order valence-electron chi connectivity index (χ2n) is 15.7. The molecule has 0 fully saturated rings. The van der Waals surface area contributed by atoms with Gasteiger partial charge < -0.3 is 28.4 Å². The molecule has 284 valence electrons. The van der Waals surface area contributed by atoms with E-state index < -0.39 is 11.9 Å². The van der Waals surface area contributed by atoms with E-state index in [1.54, 1.807) is 0 Å². The van der Waals surface area contributed by atoms with Crippen molar-refractivity contribution in [2.24, 2.45) is 11.8 Å². The van der Waals surface area contributed by atoms with Crippen molar-refractivity contribution in [2.75, 3.05) is 0 Å². The number of unbranched alkanes of at least 4 members (excludes halogenated alkanes) is 12. The molecule has 0 aromatic carbocycles. The Morgan fingerprint density at radius 3 is 0.745 bits per heavy atom. The van der Waals surface area contributed by atoms with Gasteiger partial charge >= 0.3 is 0 Å². The van der Waals surface area contributed by atoms with Crippen LogP contribution in [0, 0.1) is 11.8 Å². The van der Waals surface area contributed by atoms with E-state index in [0.29, 0.717) is 0 Å². The zero-order chi connectivity index (χ0) is 35.9. The van der Waals surface area contributed by atoms with Crippen molar-refractivity contribution in [3.63, 3.8) is 0 Å². The normalized spacial score (nSPS) is 14.6. The van der Waals surface area contributed by atoms with Gasteiger partial charge in [0, 0.05) is 11.8 Å². The van der Waals surface area contributed by atoms with Crippen LogP contribution in [0.15, 0.2) is 0 Å². The molecular weight excluding hydrogens is 588 g/mol. The summed E-state index contributed by atoms with van der Waals surface area (Å²) in [6.07, 6.45) is 19.8. The number of ether oxygens (including phenoxy) is 6. The molecule has 0 aliphatic carbocycles. The van der Waals surface area contributed by atoms with Gasteiger partial charge in [-0.15, -0.1) is 0 Å². The summed E-state index contributed by atoms with van der Waals surface area (Å²) in [5.74, 6) is -2.45. The first-order valence-electron chi connectivity index (χ1n) is 20.2. The number of rotatable bonds is 32. The molecule has 0 saturated heterocycles. The van der Waals surface area contributed by atoms with E-state index in [9.17, 15) is 0 Å². The predicted octanol–water partition coefficient (Wildman–Crippen LogP) is 12.7. The third-order valence-corrected chi connectivity index (χ3v) is 8.28. The van der Waals surface area contributed by atoms with Crippen LogP contribution in [0.5, 0.6) is 0 Å². The van der Waals surface area contributed by atoms with Gasteiger partial charge in [-0.25, -0.2) is 0 Å². The van der Waals surface area contributed by atoms with Gasteiger partial charge in [-0.2, -0.15) is 0 Å². The van der Waals surface area contributed by atoms with Crippen LogP contribution in [-0.2, 0) is 28.4 Å². The lowest BCUT2D eigenvalue weighted by Gasteiger charge is -2.47. The molecule has 47 heavy (non-hydrogen) atoms. The summed E-state index contributed by atoms with van der Waals surface area (Å²) < 4.78 is 40.8. The third-order valence-electron chi connectivity index (χ3n) is 8.28. The summed E-state index contributed by atoms with van der Waals surface area (Å²) in [4.78, 5) is 0. The minimum absolute atomic E-state index is 0.0402. The molecule has 2 atom stereocenters. The lowest BCUT2D eigenvalue weighted by Crippen LogP contribution is -2.55. The molecule has 0 heterocycles. The van der Waals surface area contributed by atoms with Crippen molar-refractivity contribution < 1.29 is 28.4 Å². The Bertz CT molecular complexity index is 593. The van der Waals surface area contributed by atoms with Crippen LogP contribution >= 0.6 is 0 Å². The Labute approximate surface area is 294 Å². The molecule has 0 aromatic heterocycles. The first kappa shape index (κ1) is 46.8. The maximum atomic E-state index is 6.80. The standard InChI is InChI=1S/C41H84O6/c1-15-17-19-21-23-25-27-29-38(40(42-32(3)4,43-33(5)6)44-34(7)8)31-39(30-28-26-24-22-20-18-16-2)41(45-35(9)10,46-36(11)12)47-37(13)14/h32-39H,15-31H2,1-14H3. The van der Waals surface area contributed by atoms with Crippen molar-refractivity contribution in [3.05, 3.63) is 0 Å². The third kappa shape index (κ3) is 21.6. The van der Waals surface area contributed by atoms with E-state index >= 15 is 0 Å². The van der Waals surface area contributed by atoms with Gasteiger partial charge in [-0.1, -0.05) is 104 Å². The van der Waals surface area contributed by atoms with E-state index in [4.69, 9.17) is 28.4 Å². The van der Waals surface area contributed by atoms with E-state index in [1.165, 1.54) is 77.0 Å². The summed E-state index contributed by atoms with van der Waals surface area (Å²) >= 11 is 0. The molecule has 0 N–H and O–H groups in total. The highest BCUT2D eigenvalue weighted by atomic mass is 16.9. The van der Waals surface area contributed by atoms with Gasteiger partial charge in [0.2, 0.25) is 0 Å². The second-order valence-corrected chi connectivity index (χ2v) is 15.7. The van der Waals surface area contributed by atoms with Crippen LogP contribution < -0.4 is 0 Å². The van der Waals surface area contributed by atoms with Gasteiger partial charge in [0.15, 0.2) is 0 Å². The van der Waals surface area contributed by atoms with Crippen LogP contribution in [0.4, 0.5) is 0 Å². The molecule has 0 radical (unpaired) electrons. The second kappa shape index (κ2) is 26.6. The molecule has 6 heteroatoms. The highest BCUT2D eigenvalue weighted by molar-refractivity contribution is 4.84. The van der Waals surface area contributed by atoms with Crippen LogP contribution in [-0.4, -0.2) is 48.6 Å². The average molecular weight is 673 g/mol. The fraction of sp³-hybridized carbons (Fsp3) is 1.00. The predicted molar refractivity (Wildman–Crippen MR) is 200 cm³/mol. The highest BCUT2D eigenvalue weighted by Crippen LogP contribution is 2.44. The van der Waals surface area contributed by atoms with E-state index in [1.807, 2.05) is 0 Å². The van der Waals surface area contributed by atoms with Crippen molar-refractivity contribution in [1.29, 1.82) is 0 Å². The topological polar surface area (TPSA) is 55.4 Å². The largest absolute Gasteiger partial charge is 0.324 e. The quantitative estimate of drug-likeness (QED) is 0.0523. The Morgan fingerprint density at radius 2 is 0.532 bits per heavy atom. The fourth-order valence-corrected chi connectivity index (χ4v) is 6.63. The average Bonchev–Trinajstić information content (AvgIpc) is 2.92. The van der Waals surface area contributed by atoms with Gasteiger partial charge in [-0.05, 0) is 102 Å². The lowest BCUT2D eigenvalue weighted by molar-refractivity contribution is -0.450. The first-order valence-corrected chi connectivity index (χ1v) is 20.2. The molecule has 0 aliphatic rings. The van der Waals surface area contributed by atoms with E-state index in [0.717, 1.165) is 32.1 Å². The minimum atomic E-state index is -1.18. The van der Waals surface area contributed by atoms with Crippen LogP contribution in [0.25, 0.3) is 0 Å². The van der Waals surface area contributed by atoms with Gasteiger partial charge in [0.1, 0.15) is 0 Å². The van der Waals surface area contributed by atoms with Crippen LogP contribution in [0.2, 0.25) is 0 Å². The molecule has 0 saturated carbocycles. The SMILES string of the molecule is CCCCCCCCCC(CC(CCCCCCCCC)C(OC(C)C)(OC(C)C)OC(C)C)C(OC(C)C)(OC(C)C)OC(C)C. The van der Waals surface area contributed by atoms with Crippen molar-refractivity contribution in [2.45, 2.75) is 255 Å². The number of hydrogen-bond donors (Lipinski definition) is 0. The smallest absolute Gasteiger partial charge is 0.286 e. The zero-order valence-corrected chi connectivity index (χ0v) is 34.1. The summed E-state index contributed by atoms with van der Waals surface area (Å²) in [5, 5.41) is 0. The Hall–Kier alpha value is -0.240. The Balaban J connectivity index is 6.86. The highest BCUT2D eigenvalue weighted by Gasteiger charge is 2.51. The molecule has 6 nitrogen and oxygen atoms in total.